The van der Waals surface area contributed by atoms with Crippen molar-refractivity contribution in [1.82, 2.24) is 9.21 Å². The smallest absolute Gasteiger partial charge is 0.262 e. The molecule has 2 amide bonds. The van der Waals surface area contributed by atoms with E-state index in [0.717, 1.165) is 0 Å². The Bertz CT molecular complexity index is 1020. The van der Waals surface area contributed by atoms with Crippen molar-refractivity contribution in [3.8, 4) is 5.75 Å². The van der Waals surface area contributed by atoms with Crippen LogP contribution in [0.5, 0.6) is 5.75 Å². The zero-order valence-corrected chi connectivity index (χ0v) is 15.8. The first-order chi connectivity index (χ1) is 13.4. The molecule has 1 N–H and O–H groups in total. The van der Waals surface area contributed by atoms with Crippen molar-refractivity contribution in [2.45, 2.75) is 4.90 Å². The van der Waals surface area contributed by atoms with E-state index in [2.05, 4.69) is 5.32 Å². The number of piperazine rings is 1. The maximum atomic E-state index is 13.0. The summed E-state index contributed by atoms with van der Waals surface area (Å²) in [5.41, 5.74) is 0.930. The van der Waals surface area contributed by atoms with Crippen LogP contribution in [0.4, 0.5) is 5.69 Å². The molecule has 0 unspecified atom stereocenters. The Hall–Kier alpha value is -2.91. The van der Waals surface area contributed by atoms with E-state index in [1.54, 1.807) is 29.2 Å². The highest BCUT2D eigenvalue weighted by Crippen LogP contribution is 2.31. The van der Waals surface area contributed by atoms with E-state index in [0.29, 0.717) is 30.1 Å². The van der Waals surface area contributed by atoms with Gasteiger partial charge in [-0.1, -0.05) is 18.2 Å². The lowest BCUT2D eigenvalue weighted by molar-refractivity contribution is -0.118. The van der Waals surface area contributed by atoms with Gasteiger partial charge in [0.05, 0.1) is 10.6 Å². The van der Waals surface area contributed by atoms with Crippen molar-refractivity contribution >= 4 is 27.5 Å². The van der Waals surface area contributed by atoms with E-state index in [4.69, 9.17) is 4.74 Å². The Morgan fingerprint density at radius 1 is 1.00 bits per heavy atom. The van der Waals surface area contributed by atoms with Gasteiger partial charge in [-0.3, -0.25) is 9.59 Å². The van der Waals surface area contributed by atoms with Gasteiger partial charge in [0, 0.05) is 31.7 Å². The molecular formula is C19H19N3O5S. The molecule has 0 aliphatic carbocycles. The molecule has 28 heavy (non-hydrogen) atoms. The van der Waals surface area contributed by atoms with Crippen LogP contribution in [0.1, 0.15) is 10.4 Å². The molecule has 146 valence electrons. The van der Waals surface area contributed by atoms with Crippen molar-refractivity contribution in [3.63, 3.8) is 0 Å². The number of benzene rings is 2. The van der Waals surface area contributed by atoms with E-state index in [1.165, 1.54) is 22.5 Å². The number of carbonyl (C=O) groups is 2. The second-order valence-corrected chi connectivity index (χ2v) is 8.50. The molecule has 2 aliphatic rings. The molecule has 2 aliphatic heterocycles. The Morgan fingerprint density at radius 2 is 1.71 bits per heavy atom. The highest BCUT2D eigenvalue weighted by Gasteiger charge is 2.31. The van der Waals surface area contributed by atoms with E-state index < -0.39 is 10.0 Å². The lowest BCUT2D eigenvalue weighted by atomic mass is 10.2. The minimum Gasteiger partial charge on any atom is -0.482 e. The van der Waals surface area contributed by atoms with Gasteiger partial charge in [0.2, 0.25) is 10.0 Å². The third-order valence-corrected chi connectivity index (χ3v) is 6.66. The summed E-state index contributed by atoms with van der Waals surface area (Å²) < 4.78 is 32.6. The molecule has 2 heterocycles. The summed E-state index contributed by atoms with van der Waals surface area (Å²) in [6, 6.07) is 13.3. The molecule has 0 spiro atoms. The zero-order valence-electron chi connectivity index (χ0n) is 15.0. The van der Waals surface area contributed by atoms with Gasteiger partial charge in [0.25, 0.3) is 11.8 Å². The maximum Gasteiger partial charge on any atom is 0.262 e. The highest BCUT2D eigenvalue weighted by atomic mass is 32.2. The number of ether oxygens (including phenoxy) is 1. The van der Waals surface area contributed by atoms with Gasteiger partial charge < -0.3 is 15.0 Å². The summed E-state index contributed by atoms with van der Waals surface area (Å²) >= 11 is 0. The quantitative estimate of drug-likeness (QED) is 0.833. The standard InChI is InChI=1S/C19H19N3O5S/c23-18-13-27-17-7-6-15(12-16(17)20-18)28(25,26)22-10-8-21(9-11-22)19(24)14-4-2-1-3-5-14/h1-7,12H,8-11,13H2,(H,20,23). The van der Waals surface area contributed by atoms with Crippen molar-refractivity contribution in [1.29, 1.82) is 0 Å². The summed E-state index contributed by atoms with van der Waals surface area (Å²) in [6.45, 7) is 0.966. The van der Waals surface area contributed by atoms with Gasteiger partial charge >= 0.3 is 0 Å². The number of fused-ring (bicyclic) bond motifs is 1. The third kappa shape index (κ3) is 3.46. The van der Waals surface area contributed by atoms with Crippen LogP contribution in [0.25, 0.3) is 0 Å². The van der Waals surface area contributed by atoms with Crippen molar-refractivity contribution in [2.75, 3.05) is 38.1 Å². The van der Waals surface area contributed by atoms with Gasteiger partial charge in [0.1, 0.15) is 5.75 Å². The topological polar surface area (TPSA) is 96.0 Å². The molecule has 1 saturated heterocycles. The Labute approximate surface area is 162 Å². The summed E-state index contributed by atoms with van der Waals surface area (Å²) in [5.74, 6) is 0.0122. The first-order valence-corrected chi connectivity index (χ1v) is 10.3. The van der Waals surface area contributed by atoms with Crippen LogP contribution in [0.15, 0.2) is 53.4 Å². The summed E-state index contributed by atoms with van der Waals surface area (Å²) in [6.07, 6.45) is 0. The molecule has 8 nitrogen and oxygen atoms in total. The van der Waals surface area contributed by atoms with Gasteiger partial charge in [0.15, 0.2) is 6.61 Å². The SMILES string of the molecule is O=C1COc2ccc(S(=O)(=O)N3CCN(C(=O)c4ccccc4)CC3)cc2N1. The van der Waals surface area contributed by atoms with Gasteiger partial charge in [-0.25, -0.2) is 8.42 Å². The summed E-state index contributed by atoms with van der Waals surface area (Å²) in [7, 11) is -3.74. The van der Waals surface area contributed by atoms with E-state index >= 15 is 0 Å². The summed E-state index contributed by atoms with van der Waals surface area (Å²) in [5, 5.41) is 2.62. The van der Waals surface area contributed by atoms with Crippen LogP contribution in [-0.4, -0.2) is 62.2 Å². The lowest BCUT2D eigenvalue weighted by Gasteiger charge is -2.34. The molecule has 1 fully saturated rings. The van der Waals surface area contributed by atoms with Crippen molar-refractivity contribution < 1.29 is 22.7 Å². The minimum absolute atomic E-state index is 0.0832. The lowest BCUT2D eigenvalue weighted by Crippen LogP contribution is -2.50. The third-order valence-electron chi connectivity index (χ3n) is 4.77. The Kier molecular flexibility index (Phi) is 4.78. The van der Waals surface area contributed by atoms with Crippen LogP contribution < -0.4 is 10.1 Å². The van der Waals surface area contributed by atoms with Crippen LogP contribution in [0.3, 0.4) is 0 Å². The second-order valence-electron chi connectivity index (χ2n) is 6.56. The Balaban J connectivity index is 1.47. The minimum atomic E-state index is -3.74. The molecule has 2 aromatic rings. The average molecular weight is 401 g/mol. The van der Waals surface area contributed by atoms with E-state index in [1.807, 2.05) is 6.07 Å². The number of sulfonamides is 1. The maximum absolute atomic E-state index is 13.0. The molecule has 0 atom stereocenters. The molecule has 0 bridgehead atoms. The molecule has 4 rings (SSSR count). The fraction of sp³-hybridized carbons (Fsp3) is 0.263. The first kappa shape index (κ1) is 18.5. The van der Waals surface area contributed by atoms with E-state index in [9.17, 15) is 18.0 Å². The predicted octanol–water partition coefficient (Wildman–Crippen LogP) is 1.16. The zero-order chi connectivity index (χ0) is 19.7. The molecular weight excluding hydrogens is 382 g/mol. The number of rotatable bonds is 3. The van der Waals surface area contributed by atoms with Crippen molar-refractivity contribution in [3.05, 3.63) is 54.1 Å². The molecule has 0 aromatic heterocycles. The number of nitrogens with zero attached hydrogens (tertiary/aromatic N) is 2. The number of hydrogen-bond donors (Lipinski definition) is 1. The highest BCUT2D eigenvalue weighted by molar-refractivity contribution is 7.89. The van der Waals surface area contributed by atoms with Crippen LogP contribution >= 0.6 is 0 Å². The monoisotopic (exact) mass is 401 g/mol. The number of carbonyl (C=O) groups excluding carboxylic acids is 2. The van der Waals surface area contributed by atoms with Crippen LogP contribution in [0.2, 0.25) is 0 Å². The van der Waals surface area contributed by atoms with Crippen LogP contribution in [0, 0.1) is 0 Å². The summed E-state index contributed by atoms with van der Waals surface area (Å²) in [4.78, 5) is 25.7. The Morgan fingerprint density at radius 3 is 2.43 bits per heavy atom. The molecule has 9 heteroatoms. The number of amides is 2. The normalized spacial score (nSPS) is 17.4. The molecule has 0 saturated carbocycles. The van der Waals surface area contributed by atoms with Gasteiger partial charge in [-0.2, -0.15) is 4.31 Å². The molecule has 0 radical (unpaired) electrons. The van der Waals surface area contributed by atoms with Crippen molar-refractivity contribution in [2.24, 2.45) is 0 Å². The largest absolute Gasteiger partial charge is 0.482 e. The molecule has 2 aromatic carbocycles. The second kappa shape index (κ2) is 7.25. The first-order valence-electron chi connectivity index (χ1n) is 8.86. The number of hydrogen-bond acceptors (Lipinski definition) is 5. The average Bonchev–Trinajstić information content (AvgIpc) is 2.73. The van der Waals surface area contributed by atoms with Crippen LogP contribution in [-0.2, 0) is 14.8 Å². The number of nitrogens with one attached hydrogen (secondary N) is 1. The van der Waals surface area contributed by atoms with Gasteiger partial charge in [-0.05, 0) is 30.3 Å². The van der Waals surface area contributed by atoms with E-state index in [-0.39, 0.29) is 36.4 Å². The van der Waals surface area contributed by atoms with Gasteiger partial charge in [-0.15, -0.1) is 0 Å². The number of anilines is 1. The predicted molar refractivity (Wildman–Crippen MR) is 102 cm³/mol. The fourth-order valence-electron chi connectivity index (χ4n) is 3.27. The fourth-order valence-corrected chi connectivity index (χ4v) is 4.72.